The Morgan fingerprint density at radius 2 is 2.17 bits per heavy atom. The summed E-state index contributed by atoms with van der Waals surface area (Å²) in [4.78, 5) is 3.12. The van der Waals surface area contributed by atoms with Crippen LogP contribution in [-0.2, 0) is 0 Å². The molecule has 0 amide bonds. The van der Waals surface area contributed by atoms with Gasteiger partial charge in [-0.25, -0.2) is 0 Å². The normalized spacial score (nSPS) is 10.4. The van der Waals surface area contributed by atoms with Crippen LogP contribution in [0.25, 0.3) is 10.9 Å². The molecular formula is C10H10N2. The molecule has 0 saturated carbocycles. The number of aromatic amines is 1. The maximum Gasteiger partial charge on any atom is 0.0460 e. The maximum absolute atomic E-state index is 7.45. The van der Waals surface area contributed by atoms with Crippen molar-refractivity contribution >= 4 is 16.6 Å². The Labute approximate surface area is 70.7 Å². The molecule has 0 atom stereocenters. The lowest BCUT2D eigenvalue weighted by molar-refractivity contribution is 1.44. The van der Waals surface area contributed by atoms with Gasteiger partial charge in [0.2, 0.25) is 0 Å². The molecule has 0 radical (unpaired) electrons. The Kier molecular flexibility index (Phi) is 1.47. The number of aromatic nitrogens is 1. The van der Waals surface area contributed by atoms with Crippen molar-refractivity contribution in [3.05, 3.63) is 36.0 Å². The number of nitrogens with one attached hydrogen (secondary N) is 2. The smallest absolute Gasteiger partial charge is 0.0460 e. The lowest BCUT2D eigenvalue weighted by Gasteiger charge is -1.96. The van der Waals surface area contributed by atoms with Crippen LogP contribution in [0.5, 0.6) is 0 Å². The summed E-state index contributed by atoms with van der Waals surface area (Å²) in [5, 5.41) is 8.64. The van der Waals surface area contributed by atoms with E-state index in [4.69, 9.17) is 5.41 Å². The van der Waals surface area contributed by atoms with Crippen molar-refractivity contribution in [2.24, 2.45) is 0 Å². The Hall–Kier alpha value is -1.57. The van der Waals surface area contributed by atoms with Crippen molar-refractivity contribution < 1.29 is 0 Å². The number of fused-ring (bicyclic) bond motifs is 1. The van der Waals surface area contributed by atoms with Crippen LogP contribution < -0.4 is 0 Å². The van der Waals surface area contributed by atoms with E-state index in [1.807, 2.05) is 30.5 Å². The molecule has 2 N–H and O–H groups in total. The molecule has 1 aromatic carbocycles. The number of rotatable bonds is 1. The van der Waals surface area contributed by atoms with Gasteiger partial charge in [-0.05, 0) is 30.0 Å². The first-order valence-corrected chi connectivity index (χ1v) is 3.90. The van der Waals surface area contributed by atoms with Gasteiger partial charge >= 0.3 is 0 Å². The van der Waals surface area contributed by atoms with Gasteiger partial charge in [-0.2, -0.15) is 0 Å². The minimum Gasteiger partial charge on any atom is -0.361 e. The second-order valence-electron chi connectivity index (χ2n) is 2.90. The van der Waals surface area contributed by atoms with Gasteiger partial charge in [-0.1, -0.05) is 12.1 Å². The van der Waals surface area contributed by atoms with Crippen LogP contribution in [-0.4, -0.2) is 10.7 Å². The summed E-state index contributed by atoms with van der Waals surface area (Å²) < 4.78 is 0. The number of hydrogen-bond acceptors (Lipinski definition) is 1. The van der Waals surface area contributed by atoms with Crippen LogP contribution >= 0.6 is 0 Å². The molecule has 0 bridgehead atoms. The van der Waals surface area contributed by atoms with Gasteiger partial charge in [0.1, 0.15) is 0 Å². The Morgan fingerprint density at radius 1 is 1.33 bits per heavy atom. The van der Waals surface area contributed by atoms with Gasteiger partial charge in [0.05, 0.1) is 0 Å². The van der Waals surface area contributed by atoms with Crippen LogP contribution in [0.3, 0.4) is 0 Å². The molecule has 2 nitrogen and oxygen atoms in total. The zero-order valence-electron chi connectivity index (χ0n) is 6.89. The molecule has 2 aromatic rings. The summed E-state index contributed by atoms with van der Waals surface area (Å²) in [6, 6.07) is 8.02. The summed E-state index contributed by atoms with van der Waals surface area (Å²) >= 11 is 0. The van der Waals surface area contributed by atoms with E-state index in [0.717, 1.165) is 11.1 Å². The summed E-state index contributed by atoms with van der Waals surface area (Å²) in [5.74, 6) is 0. The Bertz CT molecular complexity index is 426. The van der Waals surface area contributed by atoms with Crippen LogP contribution in [0.2, 0.25) is 0 Å². The fraction of sp³-hybridized carbons (Fsp3) is 0.100. The van der Waals surface area contributed by atoms with Gasteiger partial charge in [-0.15, -0.1) is 0 Å². The highest BCUT2D eigenvalue weighted by Crippen LogP contribution is 2.14. The molecular weight excluding hydrogens is 148 g/mol. The molecule has 1 aromatic heterocycles. The van der Waals surface area contributed by atoms with Crippen molar-refractivity contribution in [1.82, 2.24) is 4.98 Å². The standard InChI is InChI=1S/C10H10N2/c1-7(11)9-3-2-8-4-5-12-10(8)6-9/h2-6,11-12H,1H3. The number of benzene rings is 1. The third kappa shape index (κ3) is 1.01. The van der Waals surface area contributed by atoms with Gasteiger partial charge in [0.25, 0.3) is 0 Å². The topological polar surface area (TPSA) is 39.6 Å². The molecule has 0 unspecified atom stereocenters. The van der Waals surface area contributed by atoms with E-state index < -0.39 is 0 Å². The summed E-state index contributed by atoms with van der Waals surface area (Å²) in [6.07, 6.45) is 1.91. The Morgan fingerprint density at radius 3 is 2.92 bits per heavy atom. The molecule has 0 saturated heterocycles. The zero-order valence-corrected chi connectivity index (χ0v) is 6.89. The van der Waals surface area contributed by atoms with E-state index in [1.165, 1.54) is 5.39 Å². The summed E-state index contributed by atoms with van der Waals surface area (Å²) in [7, 11) is 0. The molecule has 12 heavy (non-hydrogen) atoms. The van der Waals surface area contributed by atoms with Crippen molar-refractivity contribution in [3.63, 3.8) is 0 Å². The molecule has 1 heterocycles. The highest BCUT2D eigenvalue weighted by molar-refractivity contribution is 5.99. The first-order valence-electron chi connectivity index (χ1n) is 3.90. The van der Waals surface area contributed by atoms with Gasteiger partial charge < -0.3 is 10.4 Å². The average molecular weight is 158 g/mol. The zero-order chi connectivity index (χ0) is 8.55. The van der Waals surface area contributed by atoms with Crippen molar-refractivity contribution in [3.8, 4) is 0 Å². The molecule has 0 aliphatic rings. The second-order valence-corrected chi connectivity index (χ2v) is 2.90. The van der Waals surface area contributed by atoms with Crippen molar-refractivity contribution in [1.29, 1.82) is 5.41 Å². The highest BCUT2D eigenvalue weighted by Gasteiger charge is 1.97. The fourth-order valence-electron chi connectivity index (χ4n) is 1.28. The maximum atomic E-state index is 7.45. The lowest BCUT2D eigenvalue weighted by atomic mass is 10.1. The largest absolute Gasteiger partial charge is 0.361 e. The van der Waals surface area contributed by atoms with E-state index in [9.17, 15) is 0 Å². The summed E-state index contributed by atoms with van der Waals surface area (Å²) in [5.41, 5.74) is 2.68. The fourth-order valence-corrected chi connectivity index (χ4v) is 1.28. The highest BCUT2D eigenvalue weighted by atomic mass is 14.7. The monoisotopic (exact) mass is 158 g/mol. The van der Waals surface area contributed by atoms with E-state index in [1.54, 1.807) is 6.92 Å². The predicted octanol–water partition coefficient (Wildman–Crippen LogP) is 2.56. The van der Waals surface area contributed by atoms with Crippen molar-refractivity contribution in [2.45, 2.75) is 6.92 Å². The van der Waals surface area contributed by atoms with Crippen LogP contribution in [0.1, 0.15) is 12.5 Å². The SMILES string of the molecule is CC(=N)c1ccc2cc[nH]c2c1. The quantitative estimate of drug-likeness (QED) is 0.599. The molecule has 0 aliphatic heterocycles. The predicted molar refractivity (Wildman–Crippen MR) is 50.8 cm³/mol. The second kappa shape index (κ2) is 2.48. The minimum absolute atomic E-state index is 0.603. The molecule has 0 aliphatic carbocycles. The number of H-pyrrole nitrogens is 1. The van der Waals surface area contributed by atoms with Crippen LogP contribution in [0, 0.1) is 5.41 Å². The van der Waals surface area contributed by atoms with Crippen molar-refractivity contribution in [2.75, 3.05) is 0 Å². The van der Waals surface area contributed by atoms with E-state index >= 15 is 0 Å². The Balaban J connectivity index is 2.68. The van der Waals surface area contributed by atoms with Gasteiger partial charge in [-0.3, -0.25) is 0 Å². The molecule has 60 valence electrons. The van der Waals surface area contributed by atoms with E-state index in [0.29, 0.717) is 5.71 Å². The van der Waals surface area contributed by atoms with Crippen LogP contribution in [0.15, 0.2) is 30.5 Å². The molecule has 0 fully saturated rings. The van der Waals surface area contributed by atoms with E-state index in [2.05, 4.69) is 4.98 Å². The van der Waals surface area contributed by atoms with Gasteiger partial charge in [0, 0.05) is 17.4 Å². The molecule has 2 rings (SSSR count). The molecule has 0 spiro atoms. The third-order valence-electron chi connectivity index (χ3n) is 1.99. The first-order chi connectivity index (χ1) is 5.77. The molecule has 2 heteroatoms. The first kappa shape index (κ1) is 7.10. The van der Waals surface area contributed by atoms with E-state index in [-0.39, 0.29) is 0 Å². The van der Waals surface area contributed by atoms with Gasteiger partial charge in [0.15, 0.2) is 0 Å². The number of hydrogen-bond donors (Lipinski definition) is 2. The third-order valence-corrected chi connectivity index (χ3v) is 1.99. The average Bonchev–Trinajstić information content (AvgIpc) is 2.49. The van der Waals surface area contributed by atoms with Crippen LogP contribution in [0.4, 0.5) is 0 Å². The lowest BCUT2D eigenvalue weighted by Crippen LogP contribution is -1.90. The summed E-state index contributed by atoms with van der Waals surface area (Å²) in [6.45, 7) is 1.80. The minimum atomic E-state index is 0.603.